The maximum Gasteiger partial charge on any atom is 0.243 e. The molecular formula is C13H16ClNO3S. The van der Waals surface area contributed by atoms with Crippen LogP contribution in [0, 0.1) is 0 Å². The van der Waals surface area contributed by atoms with Crippen LogP contribution in [-0.2, 0) is 16.6 Å². The Bertz CT molecular complexity index is 559. The molecule has 4 nitrogen and oxygen atoms in total. The lowest BCUT2D eigenvalue weighted by Gasteiger charge is -2.19. The number of rotatable bonds is 7. The first-order chi connectivity index (χ1) is 8.97. The Morgan fingerprint density at radius 1 is 1.26 bits per heavy atom. The van der Waals surface area contributed by atoms with Crippen LogP contribution in [0.1, 0.15) is 5.56 Å². The van der Waals surface area contributed by atoms with E-state index in [9.17, 15) is 8.42 Å². The number of halogens is 1. The minimum atomic E-state index is -3.65. The van der Waals surface area contributed by atoms with Crippen LogP contribution >= 0.6 is 11.6 Å². The van der Waals surface area contributed by atoms with E-state index in [4.69, 9.17) is 16.7 Å². The van der Waals surface area contributed by atoms with Gasteiger partial charge in [-0.15, -0.1) is 13.2 Å². The molecule has 0 saturated carbocycles. The molecule has 0 aliphatic carbocycles. The lowest BCUT2D eigenvalue weighted by molar-refractivity contribution is 0.282. The predicted molar refractivity (Wildman–Crippen MR) is 76.5 cm³/mol. The first-order valence-electron chi connectivity index (χ1n) is 5.58. The third kappa shape index (κ3) is 3.67. The standard InChI is InChI=1S/C13H16ClNO3S/c1-3-7-15(8-4-2)19(17,18)12-6-5-11(10-16)13(14)9-12/h3-6,9,16H,1-2,7-8,10H2. The molecule has 0 amide bonds. The Balaban J connectivity index is 3.20. The third-order valence-corrected chi connectivity index (χ3v) is 4.68. The van der Waals surface area contributed by atoms with Gasteiger partial charge in [0.25, 0.3) is 0 Å². The molecule has 0 aromatic heterocycles. The van der Waals surface area contributed by atoms with Gasteiger partial charge in [0.2, 0.25) is 10.0 Å². The molecule has 1 aromatic carbocycles. The van der Waals surface area contributed by atoms with E-state index in [-0.39, 0.29) is 29.6 Å². The maximum atomic E-state index is 12.4. The average Bonchev–Trinajstić information content (AvgIpc) is 2.38. The average molecular weight is 302 g/mol. The minimum Gasteiger partial charge on any atom is -0.392 e. The van der Waals surface area contributed by atoms with Gasteiger partial charge in [-0.3, -0.25) is 0 Å². The summed E-state index contributed by atoms with van der Waals surface area (Å²) in [5, 5.41) is 9.24. The van der Waals surface area contributed by atoms with E-state index in [2.05, 4.69) is 13.2 Å². The van der Waals surface area contributed by atoms with Gasteiger partial charge in [-0.1, -0.05) is 29.8 Å². The molecule has 1 aromatic rings. The quantitative estimate of drug-likeness (QED) is 0.786. The number of aliphatic hydroxyl groups is 1. The SMILES string of the molecule is C=CCN(CC=C)S(=O)(=O)c1ccc(CO)c(Cl)c1. The van der Waals surface area contributed by atoms with Gasteiger partial charge in [0.05, 0.1) is 11.5 Å². The number of benzene rings is 1. The van der Waals surface area contributed by atoms with Gasteiger partial charge < -0.3 is 5.11 Å². The second kappa shape index (κ2) is 6.86. The summed E-state index contributed by atoms with van der Waals surface area (Å²) in [5.74, 6) is 0. The summed E-state index contributed by atoms with van der Waals surface area (Å²) in [7, 11) is -3.65. The van der Waals surface area contributed by atoms with E-state index in [0.717, 1.165) is 0 Å². The number of sulfonamides is 1. The lowest BCUT2D eigenvalue weighted by Crippen LogP contribution is -2.31. The number of aliphatic hydroxyl groups excluding tert-OH is 1. The summed E-state index contributed by atoms with van der Waals surface area (Å²) in [4.78, 5) is 0.0819. The molecule has 0 radical (unpaired) electrons. The van der Waals surface area contributed by atoms with Crippen LogP contribution in [0.5, 0.6) is 0 Å². The van der Waals surface area contributed by atoms with Gasteiger partial charge in [-0.05, 0) is 17.7 Å². The zero-order valence-electron chi connectivity index (χ0n) is 10.4. The normalized spacial score (nSPS) is 11.5. The fourth-order valence-electron chi connectivity index (χ4n) is 1.52. The summed E-state index contributed by atoms with van der Waals surface area (Å²) < 4.78 is 26.0. The fourth-order valence-corrected chi connectivity index (χ4v) is 3.24. The van der Waals surface area contributed by atoms with Crippen molar-refractivity contribution in [2.75, 3.05) is 13.1 Å². The van der Waals surface area contributed by atoms with E-state index in [1.165, 1.54) is 34.7 Å². The Hall–Kier alpha value is -1.14. The van der Waals surface area contributed by atoms with Gasteiger partial charge in [0, 0.05) is 18.1 Å². The number of nitrogens with zero attached hydrogens (tertiary/aromatic N) is 1. The molecule has 1 N–H and O–H groups in total. The van der Waals surface area contributed by atoms with Crippen molar-refractivity contribution in [1.82, 2.24) is 4.31 Å². The molecule has 0 spiro atoms. The summed E-state index contributed by atoms with van der Waals surface area (Å²) in [6, 6.07) is 4.25. The molecule has 0 atom stereocenters. The van der Waals surface area contributed by atoms with Crippen LogP contribution in [0.2, 0.25) is 5.02 Å². The molecule has 19 heavy (non-hydrogen) atoms. The Kier molecular flexibility index (Phi) is 5.75. The van der Waals surface area contributed by atoms with E-state index < -0.39 is 10.0 Å². The molecule has 0 saturated heterocycles. The van der Waals surface area contributed by atoms with E-state index >= 15 is 0 Å². The highest BCUT2D eigenvalue weighted by Crippen LogP contribution is 2.23. The Labute approximate surface area is 118 Å². The van der Waals surface area contributed by atoms with Crippen molar-refractivity contribution in [3.05, 3.63) is 54.1 Å². The third-order valence-electron chi connectivity index (χ3n) is 2.50. The predicted octanol–water partition coefficient (Wildman–Crippen LogP) is 2.20. The molecule has 6 heteroatoms. The van der Waals surface area contributed by atoms with Gasteiger partial charge in [0.15, 0.2) is 0 Å². The number of hydrogen-bond donors (Lipinski definition) is 1. The summed E-state index contributed by atoms with van der Waals surface area (Å²) in [6.45, 7) is 7.21. The number of hydrogen-bond acceptors (Lipinski definition) is 3. The van der Waals surface area contributed by atoms with Crippen molar-refractivity contribution < 1.29 is 13.5 Å². The van der Waals surface area contributed by atoms with E-state index in [1.54, 1.807) is 0 Å². The smallest absolute Gasteiger partial charge is 0.243 e. The van der Waals surface area contributed by atoms with Crippen molar-refractivity contribution in [3.8, 4) is 0 Å². The van der Waals surface area contributed by atoms with Gasteiger partial charge >= 0.3 is 0 Å². The molecule has 0 fully saturated rings. The second-order valence-corrected chi connectivity index (χ2v) is 6.16. The molecule has 0 unspecified atom stereocenters. The Morgan fingerprint density at radius 3 is 2.26 bits per heavy atom. The van der Waals surface area contributed by atoms with Gasteiger partial charge in [0.1, 0.15) is 0 Å². The summed E-state index contributed by atoms with van der Waals surface area (Å²) >= 11 is 5.91. The molecule has 0 aliphatic heterocycles. The summed E-state index contributed by atoms with van der Waals surface area (Å²) in [5.41, 5.74) is 0.486. The van der Waals surface area contributed by atoms with Gasteiger partial charge in [-0.25, -0.2) is 8.42 Å². The van der Waals surface area contributed by atoms with Crippen LogP contribution in [0.4, 0.5) is 0 Å². The molecule has 1 rings (SSSR count). The molecular weight excluding hydrogens is 286 g/mol. The molecule has 0 aliphatic rings. The van der Waals surface area contributed by atoms with Crippen molar-refractivity contribution in [2.45, 2.75) is 11.5 Å². The maximum absolute atomic E-state index is 12.4. The molecule has 0 bridgehead atoms. The van der Waals surface area contributed by atoms with Crippen molar-refractivity contribution in [1.29, 1.82) is 0 Å². The van der Waals surface area contributed by atoms with E-state index in [0.29, 0.717) is 5.56 Å². The summed E-state index contributed by atoms with van der Waals surface area (Å²) in [6.07, 6.45) is 3.01. The highest BCUT2D eigenvalue weighted by Gasteiger charge is 2.23. The highest BCUT2D eigenvalue weighted by atomic mass is 35.5. The Morgan fingerprint density at radius 2 is 1.84 bits per heavy atom. The topological polar surface area (TPSA) is 57.6 Å². The van der Waals surface area contributed by atoms with Crippen LogP contribution in [-0.4, -0.2) is 30.9 Å². The van der Waals surface area contributed by atoms with Crippen LogP contribution in [0.25, 0.3) is 0 Å². The van der Waals surface area contributed by atoms with Crippen LogP contribution in [0.15, 0.2) is 48.4 Å². The van der Waals surface area contributed by atoms with Crippen molar-refractivity contribution >= 4 is 21.6 Å². The molecule has 104 valence electrons. The highest BCUT2D eigenvalue weighted by molar-refractivity contribution is 7.89. The van der Waals surface area contributed by atoms with Crippen molar-refractivity contribution in [3.63, 3.8) is 0 Å². The van der Waals surface area contributed by atoms with Gasteiger partial charge in [-0.2, -0.15) is 4.31 Å². The minimum absolute atomic E-state index is 0.0819. The fraction of sp³-hybridized carbons (Fsp3) is 0.231. The second-order valence-electron chi connectivity index (χ2n) is 3.81. The van der Waals surface area contributed by atoms with Crippen LogP contribution in [0.3, 0.4) is 0 Å². The van der Waals surface area contributed by atoms with Crippen molar-refractivity contribution in [2.24, 2.45) is 0 Å². The monoisotopic (exact) mass is 301 g/mol. The zero-order valence-corrected chi connectivity index (χ0v) is 12.0. The molecule has 0 heterocycles. The first kappa shape index (κ1) is 15.9. The lowest BCUT2D eigenvalue weighted by atomic mass is 10.2. The largest absolute Gasteiger partial charge is 0.392 e. The van der Waals surface area contributed by atoms with E-state index in [1.807, 2.05) is 0 Å². The first-order valence-corrected chi connectivity index (χ1v) is 7.40. The zero-order chi connectivity index (χ0) is 14.5. The van der Waals surface area contributed by atoms with Crippen LogP contribution < -0.4 is 0 Å².